The Bertz CT molecular complexity index is 741. The molecular formula is C17H16NP. The van der Waals surface area contributed by atoms with E-state index in [1.54, 1.807) is 0 Å². The van der Waals surface area contributed by atoms with Crippen molar-refractivity contribution >= 4 is 31.8 Å². The Morgan fingerprint density at radius 3 is 2.95 bits per heavy atom. The molecule has 0 saturated carbocycles. The van der Waals surface area contributed by atoms with Crippen LogP contribution in [0.3, 0.4) is 0 Å². The first kappa shape index (κ1) is 11.4. The first-order chi connectivity index (χ1) is 9.38. The zero-order valence-electron chi connectivity index (χ0n) is 10.7. The van der Waals surface area contributed by atoms with Crippen LogP contribution >= 0.6 is 9.39 Å². The lowest BCUT2D eigenvalue weighted by Gasteiger charge is -2.24. The van der Waals surface area contributed by atoms with E-state index in [1.165, 1.54) is 38.6 Å². The van der Waals surface area contributed by atoms with Crippen molar-refractivity contribution in [3.63, 3.8) is 0 Å². The molecule has 0 spiro atoms. The van der Waals surface area contributed by atoms with Crippen LogP contribution in [0.25, 0.3) is 22.4 Å². The smallest absolute Gasteiger partial charge is 0.0243 e. The van der Waals surface area contributed by atoms with Crippen molar-refractivity contribution in [2.75, 3.05) is 0 Å². The molecule has 0 heterocycles. The molecule has 0 aromatic heterocycles. The average Bonchev–Trinajstić information content (AvgIpc) is 2.46. The number of nitrogens with one attached hydrogen (secondary N) is 1. The molecule has 1 N–H and O–H groups in total. The van der Waals surface area contributed by atoms with E-state index in [0.717, 1.165) is 19.4 Å². The van der Waals surface area contributed by atoms with Crippen molar-refractivity contribution in [2.45, 2.75) is 19.4 Å². The van der Waals surface area contributed by atoms with Gasteiger partial charge in [-0.3, -0.25) is 5.09 Å². The van der Waals surface area contributed by atoms with Gasteiger partial charge in [-0.1, -0.05) is 51.9 Å². The molecule has 0 fully saturated rings. The second-order valence-corrected chi connectivity index (χ2v) is 5.67. The molecule has 2 aliphatic rings. The number of rotatable bonds is 2. The predicted molar refractivity (Wildman–Crippen MR) is 85.8 cm³/mol. The van der Waals surface area contributed by atoms with E-state index >= 15 is 0 Å². The maximum absolute atomic E-state index is 3.19. The lowest BCUT2D eigenvalue weighted by molar-refractivity contribution is 0.987. The van der Waals surface area contributed by atoms with Crippen molar-refractivity contribution in [2.24, 2.45) is 0 Å². The minimum Gasteiger partial charge on any atom is -0.296 e. The average molecular weight is 265 g/mol. The van der Waals surface area contributed by atoms with Gasteiger partial charge in [0.25, 0.3) is 0 Å². The summed E-state index contributed by atoms with van der Waals surface area (Å²) in [6.45, 7) is 0.898. The minimum atomic E-state index is 0.898. The molecule has 94 valence electrons. The summed E-state index contributed by atoms with van der Waals surface area (Å²) in [7, 11) is 2.59. The van der Waals surface area contributed by atoms with E-state index in [0.29, 0.717) is 0 Å². The standard InChI is InChI=1S/C17H16NP/c19-18-10-14-7-6-13-5-4-11-2-1-3-12-8-9-15(14)17(13)16(11)12/h1,3-4,6-9,18H,2,5,10,19H2. The Morgan fingerprint density at radius 1 is 1.11 bits per heavy atom. The first-order valence-corrected chi connectivity index (χ1v) is 7.33. The Labute approximate surface area is 115 Å². The fourth-order valence-electron chi connectivity index (χ4n) is 3.35. The number of hydrogen-bond acceptors (Lipinski definition) is 1. The van der Waals surface area contributed by atoms with Gasteiger partial charge in [0.05, 0.1) is 0 Å². The summed E-state index contributed by atoms with van der Waals surface area (Å²) in [5.74, 6) is 0. The Kier molecular flexibility index (Phi) is 2.58. The van der Waals surface area contributed by atoms with E-state index in [9.17, 15) is 0 Å². The lowest BCUT2D eigenvalue weighted by atomic mass is 9.80. The summed E-state index contributed by atoms with van der Waals surface area (Å²) in [6, 6.07) is 9.11. The van der Waals surface area contributed by atoms with Gasteiger partial charge in [0.15, 0.2) is 0 Å². The van der Waals surface area contributed by atoms with Gasteiger partial charge in [0, 0.05) is 6.54 Å². The van der Waals surface area contributed by atoms with Gasteiger partial charge in [0.1, 0.15) is 0 Å². The molecule has 0 bridgehead atoms. The number of allylic oxidation sites excluding steroid dienone is 3. The fourth-order valence-corrected chi connectivity index (χ4v) is 3.57. The van der Waals surface area contributed by atoms with Gasteiger partial charge in [0.2, 0.25) is 0 Å². The van der Waals surface area contributed by atoms with Gasteiger partial charge in [-0.25, -0.2) is 0 Å². The van der Waals surface area contributed by atoms with E-state index in [1.807, 2.05) is 0 Å². The number of hydrogen-bond donors (Lipinski definition) is 1. The van der Waals surface area contributed by atoms with Crippen LogP contribution in [-0.4, -0.2) is 0 Å². The number of benzene rings is 2. The second-order valence-electron chi connectivity index (χ2n) is 5.26. The van der Waals surface area contributed by atoms with Crippen LogP contribution in [0.4, 0.5) is 0 Å². The Morgan fingerprint density at radius 2 is 2.05 bits per heavy atom. The molecule has 0 radical (unpaired) electrons. The highest BCUT2D eigenvalue weighted by Gasteiger charge is 2.20. The summed E-state index contributed by atoms with van der Waals surface area (Å²) < 4.78 is 0. The molecule has 2 aromatic carbocycles. The van der Waals surface area contributed by atoms with Crippen LogP contribution in [0.15, 0.2) is 36.4 Å². The molecule has 0 saturated heterocycles. The normalized spacial score (nSPS) is 15.7. The highest BCUT2D eigenvalue weighted by atomic mass is 31.0. The lowest BCUT2D eigenvalue weighted by Crippen LogP contribution is -2.06. The van der Waals surface area contributed by atoms with Crippen molar-refractivity contribution < 1.29 is 0 Å². The SMILES string of the molecule is PNCc1ccc2c3c4c(ccc13)C=CCC4=CC2. The van der Waals surface area contributed by atoms with E-state index in [-0.39, 0.29) is 0 Å². The predicted octanol–water partition coefficient (Wildman–Crippen LogP) is 4.08. The van der Waals surface area contributed by atoms with Gasteiger partial charge in [-0.05, 0) is 51.4 Å². The largest absolute Gasteiger partial charge is 0.296 e. The minimum absolute atomic E-state index is 0.898. The van der Waals surface area contributed by atoms with Gasteiger partial charge >= 0.3 is 0 Å². The second kappa shape index (κ2) is 4.30. The highest BCUT2D eigenvalue weighted by molar-refractivity contribution is 7.13. The zero-order valence-corrected chi connectivity index (χ0v) is 11.9. The zero-order chi connectivity index (χ0) is 12.8. The summed E-state index contributed by atoms with van der Waals surface area (Å²) in [5.41, 5.74) is 7.21. The van der Waals surface area contributed by atoms with E-state index in [4.69, 9.17) is 0 Å². The Hall–Kier alpha value is -1.43. The van der Waals surface area contributed by atoms with Gasteiger partial charge < -0.3 is 0 Å². The molecule has 2 aliphatic carbocycles. The summed E-state index contributed by atoms with van der Waals surface area (Å²) in [6.07, 6.45) is 9.10. The molecule has 1 atom stereocenters. The molecule has 2 heteroatoms. The molecule has 4 rings (SSSR count). The molecule has 2 aromatic rings. The molecule has 1 nitrogen and oxygen atoms in total. The van der Waals surface area contributed by atoms with Crippen LogP contribution in [-0.2, 0) is 13.0 Å². The first-order valence-electron chi connectivity index (χ1n) is 6.75. The van der Waals surface area contributed by atoms with Crippen molar-refractivity contribution in [3.8, 4) is 0 Å². The quantitative estimate of drug-likeness (QED) is 0.807. The van der Waals surface area contributed by atoms with Crippen LogP contribution in [0.1, 0.15) is 28.7 Å². The Balaban J connectivity index is 2.12. The summed E-state index contributed by atoms with van der Waals surface area (Å²) >= 11 is 0. The summed E-state index contributed by atoms with van der Waals surface area (Å²) in [4.78, 5) is 0. The van der Waals surface area contributed by atoms with E-state index < -0.39 is 0 Å². The molecule has 0 amide bonds. The van der Waals surface area contributed by atoms with Crippen molar-refractivity contribution in [1.29, 1.82) is 0 Å². The molecule has 0 aliphatic heterocycles. The maximum Gasteiger partial charge on any atom is 0.0243 e. The highest BCUT2D eigenvalue weighted by Crippen LogP contribution is 2.41. The van der Waals surface area contributed by atoms with Crippen LogP contribution in [0, 0.1) is 0 Å². The van der Waals surface area contributed by atoms with Crippen molar-refractivity contribution in [3.05, 3.63) is 58.7 Å². The molecular weight excluding hydrogens is 249 g/mol. The third-order valence-corrected chi connectivity index (χ3v) is 4.41. The van der Waals surface area contributed by atoms with E-state index in [2.05, 4.69) is 57.0 Å². The van der Waals surface area contributed by atoms with Crippen LogP contribution in [0.2, 0.25) is 0 Å². The fraction of sp³-hybridized carbons (Fsp3) is 0.176. The third kappa shape index (κ3) is 1.62. The van der Waals surface area contributed by atoms with Gasteiger partial charge in [-0.2, -0.15) is 0 Å². The third-order valence-electron chi connectivity index (χ3n) is 4.21. The van der Waals surface area contributed by atoms with Crippen molar-refractivity contribution in [1.82, 2.24) is 5.09 Å². The monoisotopic (exact) mass is 265 g/mol. The maximum atomic E-state index is 3.19. The topological polar surface area (TPSA) is 12.0 Å². The van der Waals surface area contributed by atoms with Gasteiger partial charge in [-0.15, -0.1) is 0 Å². The van der Waals surface area contributed by atoms with Crippen LogP contribution < -0.4 is 5.09 Å². The van der Waals surface area contributed by atoms with Crippen LogP contribution in [0.5, 0.6) is 0 Å². The molecule has 1 unspecified atom stereocenters. The summed E-state index contributed by atoms with van der Waals surface area (Å²) in [5, 5.41) is 6.09. The molecule has 19 heavy (non-hydrogen) atoms.